The largest absolute Gasteiger partial charge is 0.496 e. The van der Waals surface area contributed by atoms with Crippen LogP contribution in [0.2, 0.25) is 0 Å². The van der Waals surface area contributed by atoms with Crippen molar-refractivity contribution in [3.8, 4) is 5.75 Å². The zero-order valence-electron chi connectivity index (χ0n) is 16.8. The van der Waals surface area contributed by atoms with Crippen LogP contribution in [0.3, 0.4) is 0 Å². The van der Waals surface area contributed by atoms with Crippen LogP contribution in [0.25, 0.3) is 0 Å². The van der Waals surface area contributed by atoms with Gasteiger partial charge in [0.1, 0.15) is 11.6 Å². The Labute approximate surface area is 166 Å². The van der Waals surface area contributed by atoms with Crippen LogP contribution in [0.15, 0.2) is 18.2 Å². The lowest BCUT2D eigenvalue weighted by molar-refractivity contribution is -0.141. The van der Waals surface area contributed by atoms with E-state index in [1.165, 1.54) is 6.07 Å². The van der Waals surface area contributed by atoms with E-state index in [9.17, 15) is 9.18 Å². The molecule has 0 saturated carbocycles. The topological polar surface area (TPSA) is 42.0 Å². The molecular formula is C22H31FN2O3. The van der Waals surface area contributed by atoms with E-state index < -0.39 is 0 Å². The zero-order valence-corrected chi connectivity index (χ0v) is 16.8. The van der Waals surface area contributed by atoms with E-state index in [2.05, 4.69) is 9.80 Å². The van der Waals surface area contributed by atoms with Gasteiger partial charge in [0.25, 0.3) is 0 Å². The molecule has 1 aromatic carbocycles. The first kappa shape index (κ1) is 19.6. The summed E-state index contributed by atoms with van der Waals surface area (Å²) in [4.78, 5) is 16.9. The standard InChI is InChI=1S/C22H31FN2O3/c1-27-20-5-4-18(23)13-17(20)14-24-10-8-22(9-11-24)7-6-21(26)25(16-22)15-19-3-2-12-28-19/h4-5,13,19H,2-3,6-12,14-16H2,1H3/t19-/m0/s1. The zero-order chi connectivity index (χ0) is 19.6. The van der Waals surface area contributed by atoms with Crippen LogP contribution in [0.1, 0.15) is 44.1 Å². The lowest BCUT2D eigenvalue weighted by Gasteiger charge is -2.48. The maximum atomic E-state index is 13.6. The van der Waals surface area contributed by atoms with Crippen LogP contribution in [-0.4, -0.2) is 61.7 Å². The number of nitrogens with zero attached hydrogens (tertiary/aromatic N) is 2. The number of rotatable bonds is 5. The number of carbonyl (C=O) groups is 1. The molecule has 0 unspecified atom stereocenters. The first-order valence-electron chi connectivity index (χ1n) is 10.5. The van der Waals surface area contributed by atoms with Crippen molar-refractivity contribution >= 4 is 5.91 Å². The summed E-state index contributed by atoms with van der Waals surface area (Å²) < 4.78 is 24.8. The van der Waals surface area contributed by atoms with E-state index in [4.69, 9.17) is 9.47 Å². The van der Waals surface area contributed by atoms with Gasteiger partial charge in [-0.15, -0.1) is 0 Å². The molecule has 1 amide bonds. The van der Waals surface area contributed by atoms with Crippen molar-refractivity contribution in [3.63, 3.8) is 0 Å². The van der Waals surface area contributed by atoms with Crippen molar-refractivity contribution in [1.82, 2.24) is 9.80 Å². The Morgan fingerprint density at radius 1 is 1.29 bits per heavy atom. The Kier molecular flexibility index (Phi) is 5.88. The Morgan fingerprint density at radius 3 is 2.82 bits per heavy atom. The molecule has 0 N–H and O–H groups in total. The Bertz CT molecular complexity index is 697. The number of piperidine rings is 2. The number of likely N-dealkylation sites (tertiary alicyclic amines) is 2. The molecule has 154 valence electrons. The fourth-order valence-electron chi connectivity index (χ4n) is 5.01. The van der Waals surface area contributed by atoms with Crippen molar-refractivity contribution in [3.05, 3.63) is 29.6 Å². The second-order valence-electron chi connectivity index (χ2n) is 8.64. The monoisotopic (exact) mass is 390 g/mol. The fourth-order valence-corrected chi connectivity index (χ4v) is 5.01. The van der Waals surface area contributed by atoms with E-state index in [0.717, 1.165) is 76.2 Å². The quantitative estimate of drug-likeness (QED) is 0.774. The highest BCUT2D eigenvalue weighted by Crippen LogP contribution is 2.41. The van der Waals surface area contributed by atoms with Crippen LogP contribution >= 0.6 is 0 Å². The predicted octanol–water partition coefficient (Wildman–Crippen LogP) is 3.22. The minimum absolute atomic E-state index is 0.222. The van der Waals surface area contributed by atoms with Crippen LogP contribution in [0.4, 0.5) is 4.39 Å². The summed E-state index contributed by atoms with van der Waals surface area (Å²) in [5.41, 5.74) is 1.13. The molecule has 0 aliphatic carbocycles. The highest BCUT2D eigenvalue weighted by molar-refractivity contribution is 5.77. The summed E-state index contributed by atoms with van der Waals surface area (Å²) in [7, 11) is 1.63. The van der Waals surface area contributed by atoms with Crippen molar-refractivity contribution in [2.75, 3.05) is 39.9 Å². The first-order chi connectivity index (χ1) is 13.6. The predicted molar refractivity (Wildman–Crippen MR) is 105 cm³/mol. The minimum Gasteiger partial charge on any atom is -0.496 e. The fraction of sp³-hybridized carbons (Fsp3) is 0.682. The number of ether oxygens (including phenoxy) is 2. The van der Waals surface area contributed by atoms with Crippen molar-refractivity contribution < 1.29 is 18.7 Å². The molecule has 0 bridgehead atoms. The lowest BCUT2D eigenvalue weighted by atomic mass is 9.72. The van der Waals surface area contributed by atoms with Gasteiger partial charge in [0.2, 0.25) is 5.91 Å². The summed E-state index contributed by atoms with van der Waals surface area (Å²) in [5.74, 6) is 0.806. The molecule has 1 aromatic rings. The van der Waals surface area contributed by atoms with E-state index in [-0.39, 0.29) is 23.2 Å². The van der Waals surface area contributed by atoms with Gasteiger partial charge in [0, 0.05) is 38.2 Å². The minimum atomic E-state index is -0.222. The molecule has 3 fully saturated rings. The van der Waals surface area contributed by atoms with Gasteiger partial charge >= 0.3 is 0 Å². The summed E-state index contributed by atoms with van der Waals surface area (Å²) in [6, 6.07) is 4.72. The van der Waals surface area contributed by atoms with Gasteiger partial charge in [-0.1, -0.05) is 0 Å². The number of methoxy groups -OCH3 is 1. The first-order valence-corrected chi connectivity index (χ1v) is 10.5. The molecule has 4 rings (SSSR count). The van der Waals surface area contributed by atoms with Crippen LogP contribution in [-0.2, 0) is 16.1 Å². The van der Waals surface area contributed by atoms with Crippen LogP contribution in [0, 0.1) is 11.2 Å². The van der Waals surface area contributed by atoms with Crippen LogP contribution < -0.4 is 4.74 Å². The van der Waals surface area contributed by atoms with Gasteiger partial charge in [-0.3, -0.25) is 9.69 Å². The number of halogens is 1. The summed E-state index contributed by atoms with van der Waals surface area (Å²) in [6.07, 6.45) is 6.21. The molecule has 6 heteroatoms. The van der Waals surface area contributed by atoms with E-state index in [1.807, 2.05) is 0 Å². The maximum Gasteiger partial charge on any atom is 0.222 e. The molecule has 0 aromatic heterocycles. The number of benzene rings is 1. The molecular weight excluding hydrogens is 359 g/mol. The number of amides is 1. The van der Waals surface area contributed by atoms with E-state index in [1.54, 1.807) is 19.2 Å². The second-order valence-corrected chi connectivity index (χ2v) is 8.64. The van der Waals surface area contributed by atoms with E-state index >= 15 is 0 Å². The molecule has 3 heterocycles. The Balaban J connectivity index is 1.35. The van der Waals surface area contributed by atoms with Crippen LogP contribution in [0.5, 0.6) is 5.75 Å². The van der Waals surface area contributed by atoms with E-state index in [0.29, 0.717) is 13.0 Å². The third kappa shape index (κ3) is 4.33. The third-order valence-electron chi connectivity index (χ3n) is 6.75. The molecule has 3 aliphatic heterocycles. The molecule has 3 aliphatic rings. The lowest BCUT2D eigenvalue weighted by Crippen LogP contribution is -2.52. The van der Waals surface area contributed by atoms with Gasteiger partial charge < -0.3 is 14.4 Å². The average Bonchev–Trinajstić information content (AvgIpc) is 3.20. The third-order valence-corrected chi connectivity index (χ3v) is 6.75. The normalized spacial score (nSPS) is 25.4. The van der Waals surface area contributed by atoms with Gasteiger partial charge in [-0.05, 0) is 68.8 Å². The molecule has 5 nitrogen and oxygen atoms in total. The average molecular weight is 390 g/mol. The van der Waals surface area contributed by atoms with Gasteiger partial charge in [0.05, 0.1) is 13.2 Å². The van der Waals surface area contributed by atoms with Crippen molar-refractivity contribution in [2.45, 2.75) is 51.2 Å². The second kappa shape index (κ2) is 8.37. The number of hydrogen-bond donors (Lipinski definition) is 0. The highest BCUT2D eigenvalue weighted by atomic mass is 19.1. The Hall–Kier alpha value is -1.66. The van der Waals surface area contributed by atoms with Gasteiger partial charge in [0.15, 0.2) is 0 Å². The SMILES string of the molecule is COc1ccc(F)cc1CN1CCC2(CCC(=O)N(C[C@@H]3CCCO3)C2)CC1. The summed E-state index contributed by atoms with van der Waals surface area (Å²) in [5, 5.41) is 0. The maximum absolute atomic E-state index is 13.6. The number of hydrogen-bond acceptors (Lipinski definition) is 4. The molecule has 3 saturated heterocycles. The molecule has 28 heavy (non-hydrogen) atoms. The smallest absolute Gasteiger partial charge is 0.222 e. The molecule has 0 radical (unpaired) electrons. The van der Waals surface area contributed by atoms with Gasteiger partial charge in [-0.25, -0.2) is 4.39 Å². The number of carbonyl (C=O) groups excluding carboxylic acids is 1. The van der Waals surface area contributed by atoms with Crippen molar-refractivity contribution in [2.24, 2.45) is 5.41 Å². The Morgan fingerprint density at radius 2 is 2.11 bits per heavy atom. The molecule has 1 atom stereocenters. The summed E-state index contributed by atoms with van der Waals surface area (Å²) in [6.45, 7) is 5.10. The highest BCUT2D eigenvalue weighted by Gasteiger charge is 2.41. The molecule has 1 spiro atoms. The summed E-state index contributed by atoms with van der Waals surface area (Å²) >= 11 is 0. The van der Waals surface area contributed by atoms with Crippen molar-refractivity contribution in [1.29, 1.82) is 0 Å². The van der Waals surface area contributed by atoms with Gasteiger partial charge in [-0.2, -0.15) is 0 Å².